The van der Waals surface area contributed by atoms with Gasteiger partial charge in [-0.1, -0.05) is 13.3 Å². The second-order valence-electron chi connectivity index (χ2n) is 6.27. The summed E-state index contributed by atoms with van der Waals surface area (Å²) in [6, 6.07) is 0.583. The molecule has 0 spiro atoms. The molecule has 5 nitrogen and oxygen atoms in total. The lowest BCUT2D eigenvalue weighted by Gasteiger charge is -2.41. The highest BCUT2D eigenvalue weighted by Gasteiger charge is 2.25. The van der Waals surface area contributed by atoms with Crippen molar-refractivity contribution in [3.05, 3.63) is 0 Å². The Hall–Kier alpha value is -0.200. The highest BCUT2D eigenvalue weighted by molar-refractivity contribution is 4.81. The van der Waals surface area contributed by atoms with Gasteiger partial charge in [0.2, 0.25) is 0 Å². The van der Waals surface area contributed by atoms with E-state index < -0.39 is 0 Å². The molecule has 2 atom stereocenters. The molecular weight excluding hydrogens is 252 g/mol. The first-order chi connectivity index (χ1) is 9.72. The van der Waals surface area contributed by atoms with Gasteiger partial charge in [-0.05, 0) is 13.5 Å². The Morgan fingerprint density at radius 2 is 1.95 bits per heavy atom. The predicted octanol–water partition coefficient (Wildman–Crippen LogP) is 0.0620. The van der Waals surface area contributed by atoms with Crippen molar-refractivity contribution in [1.82, 2.24) is 14.7 Å². The lowest BCUT2D eigenvalue weighted by atomic mass is 10.1. The van der Waals surface area contributed by atoms with E-state index in [0.29, 0.717) is 12.1 Å². The molecule has 2 rings (SSSR count). The third-order valence-corrected chi connectivity index (χ3v) is 4.62. The molecule has 2 aliphatic heterocycles. The van der Waals surface area contributed by atoms with Gasteiger partial charge < -0.3 is 15.4 Å². The Balaban J connectivity index is 1.70. The van der Waals surface area contributed by atoms with Gasteiger partial charge in [0.1, 0.15) is 0 Å². The van der Waals surface area contributed by atoms with Crippen LogP contribution in [0.25, 0.3) is 0 Å². The first-order valence-electron chi connectivity index (χ1n) is 8.19. The van der Waals surface area contributed by atoms with Gasteiger partial charge in [-0.15, -0.1) is 0 Å². The van der Waals surface area contributed by atoms with Crippen molar-refractivity contribution < 1.29 is 4.74 Å². The van der Waals surface area contributed by atoms with Crippen LogP contribution in [-0.4, -0.2) is 92.9 Å². The van der Waals surface area contributed by atoms with Crippen LogP contribution in [0.2, 0.25) is 0 Å². The predicted molar refractivity (Wildman–Crippen MR) is 83.0 cm³/mol. The fraction of sp³-hybridized carbons (Fsp3) is 1.00. The summed E-state index contributed by atoms with van der Waals surface area (Å²) in [4.78, 5) is 7.50. The Kier molecular flexibility index (Phi) is 6.71. The Morgan fingerprint density at radius 1 is 1.20 bits per heavy atom. The minimum absolute atomic E-state index is 0.390. The van der Waals surface area contributed by atoms with Crippen molar-refractivity contribution in [3.63, 3.8) is 0 Å². The number of rotatable bonds is 6. The van der Waals surface area contributed by atoms with Gasteiger partial charge in [0.25, 0.3) is 0 Å². The lowest BCUT2D eigenvalue weighted by Crippen LogP contribution is -2.55. The molecule has 0 aromatic heterocycles. The molecule has 0 aliphatic carbocycles. The third kappa shape index (κ3) is 4.67. The smallest absolute Gasteiger partial charge is 0.0829 e. The average Bonchev–Trinajstić information content (AvgIpc) is 2.46. The van der Waals surface area contributed by atoms with E-state index in [4.69, 9.17) is 10.5 Å². The largest absolute Gasteiger partial charge is 0.374 e. The molecule has 2 aliphatic rings. The maximum Gasteiger partial charge on any atom is 0.0829 e. The highest BCUT2D eigenvalue weighted by atomic mass is 16.5. The summed E-state index contributed by atoms with van der Waals surface area (Å²) < 4.78 is 5.87. The number of morpholine rings is 1. The molecule has 2 heterocycles. The molecule has 0 amide bonds. The van der Waals surface area contributed by atoms with Gasteiger partial charge >= 0.3 is 0 Å². The second kappa shape index (κ2) is 8.29. The normalized spacial score (nSPS) is 28.6. The highest BCUT2D eigenvalue weighted by Crippen LogP contribution is 2.12. The van der Waals surface area contributed by atoms with E-state index in [1.165, 1.54) is 12.8 Å². The molecule has 2 N–H and O–H groups in total. The molecule has 0 bridgehead atoms. The van der Waals surface area contributed by atoms with E-state index in [0.717, 1.165) is 59.0 Å². The van der Waals surface area contributed by atoms with Crippen LogP contribution in [0.3, 0.4) is 0 Å². The molecular formula is C15H32N4O. The van der Waals surface area contributed by atoms with Crippen LogP contribution < -0.4 is 5.73 Å². The Labute approximate surface area is 124 Å². The summed E-state index contributed by atoms with van der Waals surface area (Å²) in [6.45, 7) is 11.8. The van der Waals surface area contributed by atoms with Crippen molar-refractivity contribution in [2.75, 3.05) is 66.0 Å². The Morgan fingerprint density at radius 3 is 2.55 bits per heavy atom. The number of nitrogens with two attached hydrogens (primary N) is 1. The van der Waals surface area contributed by atoms with E-state index in [1.54, 1.807) is 0 Å². The van der Waals surface area contributed by atoms with Crippen molar-refractivity contribution in [2.24, 2.45) is 5.73 Å². The number of nitrogens with zero attached hydrogens (tertiary/aromatic N) is 3. The first kappa shape index (κ1) is 16.2. The zero-order chi connectivity index (χ0) is 14.4. The average molecular weight is 284 g/mol. The van der Waals surface area contributed by atoms with Crippen LogP contribution in [0.1, 0.15) is 19.8 Å². The van der Waals surface area contributed by atoms with Crippen molar-refractivity contribution in [2.45, 2.75) is 31.9 Å². The maximum absolute atomic E-state index is 5.91. The van der Waals surface area contributed by atoms with Crippen LogP contribution in [0.4, 0.5) is 0 Å². The minimum atomic E-state index is 0.390. The maximum atomic E-state index is 5.91. The van der Waals surface area contributed by atoms with Crippen LogP contribution in [0, 0.1) is 0 Å². The molecule has 118 valence electrons. The van der Waals surface area contributed by atoms with E-state index in [1.807, 2.05) is 0 Å². The first-order valence-corrected chi connectivity index (χ1v) is 8.19. The number of hydrogen-bond donors (Lipinski definition) is 1. The van der Waals surface area contributed by atoms with Crippen LogP contribution >= 0.6 is 0 Å². The van der Waals surface area contributed by atoms with Crippen molar-refractivity contribution in [1.29, 1.82) is 0 Å². The number of hydrogen-bond acceptors (Lipinski definition) is 5. The molecule has 2 unspecified atom stereocenters. The molecule has 2 saturated heterocycles. The molecule has 0 saturated carbocycles. The van der Waals surface area contributed by atoms with E-state index >= 15 is 0 Å². The molecule has 0 aromatic carbocycles. The van der Waals surface area contributed by atoms with Gasteiger partial charge in [0.05, 0.1) is 12.7 Å². The quantitative estimate of drug-likeness (QED) is 0.747. The van der Waals surface area contributed by atoms with Gasteiger partial charge in [-0.25, -0.2) is 0 Å². The zero-order valence-electron chi connectivity index (χ0n) is 13.3. The second-order valence-corrected chi connectivity index (χ2v) is 6.27. The summed E-state index contributed by atoms with van der Waals surface area (Å²) in [6.07, 6.45) is 2.85. The molecule has 0 aromatic rings. The molecule has 5 heteroatoms. The SMILES string of the molecule is CCCC(CN)N1CCN(CC2CN(C)CCO2)CC1. The summed E-state index contributed by atoms with van der Waals surface area (Å²) in [7, 11) is 2.18. The van der Waals surface area contributed by atoms with Crippen molar-refractivity contribution >= 4 is 0 Å². The molecule has 20 heavy (non-hydrogen) atoms. The number of piperazine rings is 1. The zero-order valence-corrected chi connectivity index (χ0v) is 13.3. The lowest BCUT2D eigenvalue weighted by molar-refractivity contribution is -0.0427. The summed E-state index contributed by atoms with van der Waals surface area (Å²) in [5.74, 6) is 0. The van der Waals surface area contributed by atoms with Gasteiger partial charge in [-0.3, -0.25) is 9.80 Å². The van der Waals surface area contributed by atoms with Gasteiger partial charge in [0, 0.05) is 58.4 Å². The van der Waals surface area contributed by atoms with E-state index in [9.17, 15) is 0 Å². The van der Waals surface area contributed by atoms with E-state index in [-0.39, 0.29) is 0 Å². The van der Waals surface area contributed by atoms with Gasteiger partial charge in [0.15, 0.2) is 0 Å². The standard InChI is InChI=1S/C15H32N4O/c1-3-4-14(11-16)19-7-5-18(6-8-19)13-15-12-17(2)9-10-20-15/h14-15H,3-13,16H2,1-2H3. The van der Waals surface area contributed by atoms with Crippen LogP contribution in [0.15, 0.2) is 0 Å². The summed E-state index contributed by atoms with van der Waals surface area (Å²) in [5, 5.41) is 0. The van der Waals surface area contributed by atoms with Crippen molar-refractivity contribution in [3.8, 4) is 0 Å². The Bertz CT molecular complexity index is 269. The monoisotopic (exact) mass is 284 g/mol. The summed E-state index contributed by atoms with van der Waals surface area (Å²) >= 11 is 0. The van der Waals surface area contributed by atoms with Gasteiger partial charge in [-0.2, -0.15) is 0 Å². The number of ether oxygens (including phenoxy) is 1. The van der Waals surface area contributed by atoms with Crippen LogP contribution in [-0.2, 0) is 4.74 Å². The minimum Gasteiger partial charge on any atom is -0.374 e. The van der Waals surface area contributed by atoms with Crippen LogP contribution in [0.5, 0.6) is 0 Å². The summed E-state index contributed by atoms with van der Waals surface area (Å²) in [5.41, 5.74) is 5.91. The molecule has 0 radical (unpaired) electrons. The van der Waals surface area contributed by atoms with E-state index in [2.05, 4.69) is 28.7 Å². The molecule has 2 fully saturated rings. The topological polar surface area (TPSA) is 45.0 Å². The fourth-order valence-electron chi connectivity index (χ4n) is 3.36. The fourth-order valence-corrected chi connectivity index (χ4v) is 3.36. The third-order valence-electron chi connectivity index (χ3n) is 4.62. The number of likely N-dealkylation sites (N-methyl/N-ethyl adjacent to an activating group) is 1.